The molecule has 15 N–H and O–H groups in total. The average Bonchev–Trinajstić information content (AvgIpc) is 1.52. The summed E-state index contributed by atoms with van der Waals surface area (Å²) in [4.78, 5) is 128. The van der Waals surface area contributed by atoms with Gasteiger partial charge in [0.15, 0.2) is 6.23 Å². The Morgan fingerprint density at radius 2 is 1.43 bits per heavy atom. The first kappa shape index (κ1) is 74.3. The second kappa shape index (κ2) is 28.1. The van der Waals surface area contributed by atoms with Gasteiger partial charge in [-0.25, -0.2) is 4.98 Å². The molecule has 92 heavy (non-hydrogen) atoms. The number of rotatable bonds is 27. The number of fused-ring (bicyclic) bond motifs is 7. The number of hydrogen-bond acceptors (Lipinski definition) is 19. The number of nitrogens with two attached hydrogens (primary N) is 6. The molecule has 1 radical (unpaired) electrons. The number of aromatic nitrogens is 2. The first-order valence-corrected chi connectivity index (χ1v) is 31.7. The Hall–Kier alpha value is -6.69. The minimum atomic E-state index is -5.34. The Balaban J connectivity index is 0.00000672. The summed E-state index contributed by atoms with van der Waals surface area (Å²) in [5.41, 5.74) is 34.5. The second-order valence-corrected chi connectivity index (χ2v) is 27.7. The van der Waals surface area contributed by atoms with Gasteiger partial charge in [-0.05, 0) is 94.1 Å². The van der Waals surface area contributed by atoms with E-state index in [0.717, 1.165) is 0 Å². The van der Waals surface area contributed by atoms with Gasteiger partial charge < -0.3 is 90.7 Å². The van der Waals surface area contributed by atoms with Gasteiger partial charge in [-0.3, -0.25) is 53.1 Å². The van der Waals surface area contributed by atoms with Crippen molar-refractivity contribution in [2.75, 3.05) is 20.3 Å². The van der Waals surface area contributed by atoms with E-state index < -0.39 is 143 Å². The van der Waals surface area contributed by atoms with Crippen molar-refractivity contribution in [3.05, 3.63) is 71.6 Å². The van der Waals surface area contributed by atoms with Crippen molar-refractivity contribution in [2.24, 2.45) is 94.7 Å². The molecule has 2 aromatic rings. The number of ether oxygens (including phenoxy) is 2. The molecule has 30 heteroatoms. The van der Waals surface area contributed by atoms with E-state index in [4.69, 9.17) is 73.2 Å². The quantitative estimate of drug-likeness (QED) is 0.0458. The summed E-state index contributed by atoms with van der Waals surface area (Å²) in [5.74, 6) is -6.97. The number of carbonyl (C=O) groups excluding carboxylic acids is 7. The van der Waals surface area contributed by atoms with E-state index in [-0.39, 0.29) is 101 Å². The number of benzene rings is 1. The van der Waals surface area contributed by atoms with Crippen molar-refractivity contribution >= 4 is 77.3 Å². The molecule has 8 bridgehead atoms. The predicted molar refractivity (Wildman–Crippen MR) is 335 cm³/mol. The molecule has 7 heterocycles. The van der Waals surface area contributed by atoms with E-state index in [2.05, 4.69) is 10.3 Å². The van der Waals surface area contributed by atoms with Gasteiger partial charge in [0.2, 0.25) is 41.4 Å². The Morgan fingerprint density at radius 1 is 0.826 bits per heavy atom. The molecule has 2 saturated heterocycles. The van der Waals surface area contributed by atoms with Crippen LogP contribution in [0.5, 0.6) is 5.75 Å². The number of primary amides is 6. The van der Waals surface area contributed by atoms with Gasteiger partial charge in [0, 0.05) is 131 Å². The monoisotopic (exact) mass is 1350 g/mol. The number of methoxy groups -OCH3 is 1. The number of nitrogens with zero attached hydrogens (tertiary/aromatic N) is 6. The van der Waals surface area contributed by atoms with Crippen LogP contribution in [0.4, 0.5) is 0 Å². The Morgan fingerprint density at radius 3 is 2.01 bits per heavy atom. The number of imidazole rings is 1. The molecule has 1 aromatic heterocycles. The molecule has 15 atom stereocenters. The number of aliphatic hydroxyl groups is 2. The minimum Gasteiger partial charge on any atom is -0.756 e. The van der Waals surface area contributed by atoms with Crippen LogP contribution in [-0.4, -0.2) is 135 Å². The number of nitrogens with one attached hydrogen (secondary N) is 1. The van der Waals surface area contributed by atoms with Crippen LogP contribution in [0.1, 0.15) is 139 Å². The van der Waals surface area contributed by atoms with E-state index in [1.165, 1.54) is 24.9 Å². The van der Waals surface area contributed by atoms with Crippen molar-refractivity contribution in [1.82, 2.24) is 14.9 Å². The van der Waals surface area contributed by atoms with Crippen molar-refractivity contribution in [3.8, 4) is 5.75 Å². The first-order valence-electron chi connectivity index (χ1n) is 30.2. The second-order valence-electron chi connectivity index (χ2n) is 26.4. The zero-order valence-electron chi connectivity index (χ0n) is 54.0. The van der Waals surface area contributed by atoms with Gasteiger partial charge in [0.25, 0.3) is 7.82 Å². The molecule has 1 aromatic carbocycles. The fourth-order valence-corrected chi connectivity index (χ4v) is 16.3. The molecular formula is C62H89CoN13O15P-3. The summed E-state index contributed by atoms with van der Waals surface area (Å²) in [7, 11) is -3.86. The SMILES string of the molecule is COc1ccc2ncn([C@H]3O[C@H](CO)[C@@H](OP(=O)([O-])O[C@H](C)CNC(=O)CC[C@@]4(C)/C5=C(\C)C6=N/C(=C\C7=NC(=C(/C)C8=N[C@@](C)([C@H]([N-]5)[C@@H]4CC(N)=O)[C@@](C)(CC(N)=O)[C@@H]8CCC(N)=O)/[C@@](C)(CC(N)=O)[C@@H]7CCC(N)=O)C(C)(C)[C@@H]6CCC(N)=O)[C@H]3O)c2c1.[CH3-].[Co]. The zero-order chi connectivity index (χ0) is 66.5. The smallest absolute Gasteiger partial charge is 0.268 e. The topological polar surface area (TPSA) is 474 Å². The van der Waals surface area contributed by atoms with Gasteiger partial charge in [-0.15, -0.1) is 0 Å². The van der Waals surface area contributed by atoms with Gasteiger partial charge in [-0.1, -0.05) is 40.7 Å². The minimum absolute atomic E-state index is 0. The van der Waals surface area contributed by atoms with Crippen LogP contribution in [0.15, 0.2) is 73.8 Å². The van der Waals surface area contributed by atoms with Crippen LogP contribution < -0.4 is 49.3 Å². The van der Waals surface area contributed by atoms with E-state index in [1.807, 2.05) is 47.6 Å². The summed E-state index contributed by atoms with van der Waals surface area (Å²) in [6.45, 7) is 15.1. The molecule has 28 nitrogen and oxygen atoms in total. The molecule has 1 unspecified atom stereocenters. The third kappa shape index (κ3) is 14.2. The van der Waals surface area contributed by atoms with Crippen molar-refractivity contribution in [1.29, 1.82) is 0 Å². The molecule has 0 aliphatic carbocycles. The standard InChI is InChI=1S/C61H88N13O15P.CH3.Co/c1-29(88-90(84,85)89-52-40(27-75)87-56(51(52)83)74-28-69-37-15-11-32(86-10)21-39(37)74)26-68-48(82)19-20-58(6)36(22-45(65)79)55-61(9)60(8,25-47(67)81)35(14-18-44(64)78)50(73-61)31(3)54-59(7,24-46(66)80)33(12-16-42(62)76)38(70-54)23-41-57(4,5)34(13-17-43(63)77)49(71-41)30(2)53(58)72-55;;/h11,15,21,23,28-29,33-36,40,51-52,55-56,75,83H,12-14,16-20,22,24-27H2,1-10H3,(H15,62,63,64,65,66,67,68,70,71,72,73,76,77,78,79,80,81,82,84,85);1H3;/q;-1;/p-2/t29-,33-,34-,35-,36+,40-,51-,52-,55-,56+,58-,59+,60+,61+;;/m1../s1. The molecule has 8 rings (SSSR count). The molecule has 6 aliphatic rings. The maximum Gasteiger partial charge on any atom is 0.268 e. The normalized spacial score (nSPS) is 33.4. The van der Waals surface area contributed by atoms with Crippen LogP contribution in [0, 0.1) is 52.8 Å². The molecule has 6 aliphatic heterocycles. The molecule has 0 saturated carbocycles. The van der Waals surface area contributed by atoms with E-state index in [0.29, 0.717) is 62.2 Å². The largest absolute Gasteiger partial charge is 0.756 e. The molecular weight excluding hydrogens is 1260 g/mol. The Bertz CT molecular complexity index is 3510. The average molecular weight is 1350 g/mol. The number of allylic oxidation sites excluding steroid dienone is 6. The van der Waals surface area contributed by atoms with Crippen molar-refractivity contribution < 1.29 is 88.5 Å². The van der Waals surface area contributed by atoms with Crippen molar-refractivity contribution in [2.45, 2.75) is 175 Å². The number of phosphoric acid groups is 1. The zero-order valence-corrected chi connectivity index (χ0v) is 55.9. The van der Waals surface area contributed by atoms with E-state index in [1.54, 1.807) is 32.0 Å². The summed E-state index contributed by atoms with van der Waals surface area (Å²) in [6.07, 6.45) is -5.05. The summed E-state index contributed by atoms with van der Waals surface area (Å²) in [5, 5.41) is 30.1. The fourth-order valence-electron chi connectivity index (χ4n) is 15.2. The van der Waals surface area contributed by atoms with Gasteiger partial charge >= 0.3 is 0 Å². The first-order chi connectivity index (χ1) is 42.0. The maximum absolute atomic E-state index is 14.3. The van der Waals surface area contributed by atoms with Gasteiger partial charge in [0.1, 0.15) is 24.1 Å². The summed E-state index contributed by atoms with van der Waals surface area (Å²) >= 11 is 0. The van der Waals surface area contributed by atoms with E-state index >= 15 is 0 Å². The number of hydrogen-bond donors (Lipinski definition) is 9. The third-order valence-corrected chi connectivity index (χ3v) is 21.2. The Kier molecular flexibility index (Phi) is 22.7. The van der Waals surface area contributed by atoms with Gasteiger partial charge in [0.05, 0.1) is 48.4 Å². The molecule has 0 spiro atoms. The maximum atomic E-state index is 14.3. The predicted octanol–water partition coefficient (Wildman–Crippen LogP) is 3.15. The fraction of sp³-hybridized carbons (Fsp3) is 0.613. The number of aliphatic hydroxyl groups excluding tert-OH is 2. The van der Waals surface area contributed by atoms with Crippen LogP contribution in [0.2, 0.25) is 0 Å². The van der Waals surface area contributed by atoms with Crippen LogP contribution in [0.25, 0.3) is 16.4 Å². The van der Waals surface area contributed by atoms with Crippen molar-refractivity contribution in [3.63, 3.8) is 0 Å². The molecule has 7 amide bonds. The number of carbonyl (C=O) groups is 7. The van der Waals surface area contributed by atoms with Crippen LogP contribution in [0.3, 0.4) is 0 Å². The van der Waals surface area contributed by atoms with Crippen LogP contribution >= 0.6 is 7.82 Å². The number of phosphoric ester groups is 1. The summed E-state index contributed by atoms with van der Waals surface area (Å²) in [6, 6.07) is 3.96. The van der Waals surface area contributed by atoms with Gasteiger partial charge in [-0.2, -0.15) is 5.70 Å². The van der Waals surface area contributed by atoms with E-state index in [9.17, 15) is 53.2 Å². The number of amides is 7. The summed E-state index contributed by atoms with van der Waals surface area (Å²) < 4.78 is 37.0. The third-order valence-electron chi connectivity index (χ3n) is 20.1. The number of aliphatic imine (C=N–C) groups is 3. The Labute approximate surface area is 545 Å². The molecule has 509 valence electrons. The van der Waals surface area contributed by atoms with Crippen LogP contribution in [-0.2, 0) is 68.7 Å². The molecule has 2 fully saturated rings.